The Hall–Kier alpha value is -1.52. The summed E-state index contributed by atoms with van der Waals surface area (Å²) in [5.74, 6) is 0. The van der Waals surface area contributed by atoms with Crippen molar-refractivity contribution in [2.45, 2.75) is 38.5 Å². The van der Waals surface area contributed by atoms with E-state index < -0.39 is 11.0 Å². The molecule has 1 aromatic heterocycles. The molecule has 1 aromatic carbocycles. The molecule has 0 aliphatic heterocycles. The molecule has 0 saturated heterocycles. The van der Waals surface area contributed by atoms with Gasteiger partial charge in [0.05, 0.1) is 21.4 Å². The van der Waals surface area contributed by atoms with Crippen molar-refractivity contribution in [2.75, 3.05) is 0 Å². The molecule has 112 valence electrons. The molecule has 0 amide bonds. The van der Waals surface area contributed by atoms with Crippen LogP contribution in [0.15, 0.2) is 37.0 Å². The fourth-order valence-electron chi connectivity index (χ4n) is 1.96. The Morgan fingerprint density at radius 1 is 1.29 bits per heavy atom. The Labute approximate surface area is 129 Å². The van der Waals surface area contributed by atoms with E-state index in [0.717, 1.165) is 22.0 Å². The van der Waals surface area contributed by atoms with Crippen LogP contribution in [0.3, 0.4) is 0 Å². The molecule has 1 heterocycles. The molecule has 3 nitrogen and oxygen atoms in total. The van der Waals surface area contributed by atoms with Crippen LogP contribution in [-0.4, -0.2) is 13.9 Å². The molecule has 0 fully saturated rings. The first-order valence-corrected chi connectivity index (χ1v) is 8.16. The molecule has 2 aromatic rings. The highest BCUT2D eigenvalue weighted by Gasteiger charge is 2.21. The van der Waals surface area contributed by atoms with Crippen LogP contribution in [0.2, 0.25) is 0 Å². The molecular weight excluding hydrogens is 280 g/mol. The number of fused-ring (bicyclic) bond motifs is 1. The lowest BCUT2D eigenvalue weighted by molar-refractivity contribution is 0.616. The highest BCUT2D eigenvalue weighted by Crippen LogP contribution is 2.22. The monoisotopic (exact) mass is 302 g/mol. The highest BCUT2D eigenvalue weighted by atomic mass is 32.2. The number of benzene rings is 1. The van der Waals surface area contributed by atoms with Crippen molar-refractivity contribution in [1.82, 2.24) is 9.71 Å². The van der Waals surface area contributed by atoms with E-state index >= 15 is 0 Å². The summed E-state index contributed by atoms with van der Waals surface area (Å²) in [5.41, 5.74) is 1.97. The second-order valence-corrected chi connectivity index (χ2v) is 8.14. The molecule has 0 aliphatic rings. The molecule has 0 bridgehead atoms. The van der Waals surface area contributed by atoms with Gasteiger partial charge in [-0.25, -0.2) is 8.93 Å². The van der Waals surface area contributed by atoms with Crippen LogP contribution in [-0.2, 0) is 11.0 Å². The zero-order chi connectivity index (χ0) is 15.6. The van der Waals surface area contributed by atoms with Gasteiger partial charge < -0.3 is 0 Å². The minimum Gasteiger partial charge on any atom is -0.256 e. The summed E-state index contributed by atoms with van der Waals surface area (Å²) in [7, 11) is -1.09. The number of hydrogen-bond donors (Lipinski definition) is 1. The molecular formula is C17H22N2OS. The van der Waals surface area contributed by atoms with E-state index in [0.29, 0.717) is 0 Å². The topological polar surface area (TPSA) is 42.0 Å². The molecule has 0 spiro atoms. The van der Waals surface area contributed by atoms with Crippen LogP contribution < -0.4 is 4.72 Å². The fourth-order valence-corrected chi connectivity index (χ4v) is 2.77. The van der Waals surface area contributed by atoms with Gasteiger partial charge in [-0.1, -0.05) is 18.7 Å². The largest absolute Gasteiger partial charge is 0.256 e. The molecule has 2 atom stereocenters. The van der Waals surface area contributed by atoms with E-state index in [9.17, 15) is 4.21 Å². The molecule has 21 heavy (non-hydrogen) atoms. The third-order valence-corrected chi connectivity index (χ3v) is 5.00. The quantitative estimate of drug-likeness (QED) is 0.928. The normalized spacial score (nSPS) is 14.9. The Morgan fingerprint density at radius 3 is 2.62 bits per heavy atom. The molecule has 0 aliphatic carbocycles. The van der Waals surface area contributed by atoms with Crippen molar-refractivity contribution in [3.63, 3.8) is 0 Å². The second-order valence-electron chi connectivity index (χ2n) is 6.14. The first-order chi connectivity index (χ1) is 9.81. The van der Waals surface area contributed by atoms with Gasteiger partial charge in [0.1, 0.15) is 0 Å². The van der Waals surface area contributed by atoms with Crippen molar-refractivity contribution in [3.8, 4) is 0 Å². The predicted molar refractivity (Wildman–Crippen MR) is 91.3 cm³/mol. The zero-order valence-corrected chi connectivity index (χ0v) is 13.8. The van der Waals surface area contributed by atoms with E-state index in [1.54, 1.807) is 6.08 Å². The molecule has 0 radical (unpaired) electrons. The Kier molecular flexibility index (Phi) is 4.59. The van der Waals surface area contributed by atoms with Crippen LogP contribution in [0.25, 0.3) is 16.8 Å². The average molecular weight is 302 g/mol. The first kappa shape index (κ1) is 15.9. The molecule has 4 heteroatoms. The van der Waals surface area contributed by atoms with Crippen LogP contribution >= 0.6 is 0 Å². The van der Waals surface area contributed by atoms with Crippen molar-refractivity contribution < 1.29 is 4.21 Å². The fraction of sp³-hybridized carbons (Fsp3) is 0.353. The van der Waals surface area contributed by atoms with Crippen LogP contribution in [0.5, 0.6) is 0 Å². The van der Waals surface area contributed by atoms with Crippen molar-refractivity contribution in [1.29, 1.82) is 0 Å². The van der Waals surface area contributed by atoms with E-state index in [4.69, 9.17) is 0 Å². The van der Waals surface area contributed by atoms with Gasteiger partial charge in [-0.2, -0.15) is 0 Å². The molecule has 1 N–H and O–H groups in total. The number of aromatic nitrogens is 1. The van der Waals surface area contributed by atoms with Crippen molar-refractivity contribution in [3.05, 3.63) is 48.3 Å². The van der Waals surface area contributed by atoms with Gasteiger partial charge in [0.15, 0.2) is 0 Å². The summed E-state index contributed by atoms with van der Waals surface area (Å²) in [6, 6.07) is 8.24. The third kappa shape index (κ3) is 3.77. The molecule has 0 saturated carbocycles. The van der Waals surface area contributed by atoms with Crippen molar-refractivity contribution >= 4 is 27.8 Å². The summed E-state index contributed by atoms with van der Waals surface area (Å²) in [5, 5.41) is 2.21. The number of rotatable bonds is 4. The maximum Gasteiger partial charge on any atom is 0.0975 e. The SMILES string of the molecule is C=Cc1cc2cc(C(C)NS(=O)C(C)(C)C)ccc2cn1. The van der Waals surface area contributed by atoms with Gasteiger partial charge >= 0.3 is 0 Å². The van der Waals surface area contributed by atoms with E-state index in [2.05, 4.69) is 28.4 Å². The number of pyridine rings is 1. The standard InChI is InChI=1S/C17H22N2OS/c1-6-16-10-15-9-13(7-8-14(15)11-18-16)12(2)19-21(20)17(3,4)5/h6-12,19H,1H2,2-5H3. The van der Waals surface area contributed by atoms with Crippen LogP contribution in [0.1, 0.15) is 45.0 Å². The zero-order valence-electron chi connectivity index (χ0n) is 13.0. The Morgan fingerprint density at radius 2 is 2.00 bits per heavy atom. The van der Waals surface area contributed by atoms with E-state index in [-0.39, 0.29) is 10.8 Å². The molecule has 2 rings (SSSR count). The minimum absolute atomic E-state index is 0.0230. The summed E-state index contributed by atoms with van der Waals surface area (Å²) < 4.78 is 15.1. The van der Waals surface area contributed by atoms with Crippen molar-refractivity contribution in [2.24, 2.45) is 0 Å². The maximum atomic E-state index is 12.2. The Balaban J connectivity index is 2.29. The summed E-state index contributed by atoms with van der Waals surface area (Å²) >= 11 is 0. The Bertz CT molecular complexity index is 689. The third-order valence-electron chi connectivity index (χ3n) is 3.32. The lowest BCUT2D eigenvalue weighted by Crippen LogP contribution is -2.34. The predicted octanol–water partition coefficient (Wildman–Crippen LogP) is 3.99. The lowest BCUT2D eigenvalue weighted by atomic mass is 10.0. The smallest absolute Gasteiger partial charge is 0.0975 e. The van der Waals surface area contributed by atoms with E-state index in [1.807, 2.05) is 46.0 Å². The van der Waals surface area contributed by atoms with Gasteiger partial charge in [-0.15, -0.1) is 0 Å². The number of nitrogens with one attached hydrogen (secondary N) is 1. The van der Waals surface area contributed by atoms with Gasteiger partial charge in [0, 0.05) is 17.6 Å². The second kappa shape index (κ2) is 6.08. The van der Waals surface area contributed by atoms with Crippen LogP contribution in [0.4, 0.5) is 0 Å². The van der Waals surface area contributed by atoms with E-state index in [1.165, 1.54) is 0 Å². The minimum atomic E-state index is -1.09. The highest BCUT2D eigenvalue weighted by molar-refractivity contribution is 7.84. The summed E-state index contributed by atoms with van der Waals surface area (Å²) in [4.78, 5) is 4.30. The summed E-state index contributed by atoms with van der Waals surface area (Å²) in [6.45, 7) is 11.7. The number of nitrogens with zero attached hydrogens (tertiary/aromatic N) is 1. The number of hydrogen-bond acceptors (Lipinski definition) is 2. The summed E-state index contributed by atoms with van der Waals surface area (Å²) in [6.07, 6.45) is 3.59. The van der Waals surface area contributed by atoms with Gasteiger partial charge in [-0.3, -0.25) is 4.98 Å². The van der Waals surface area contributed by atoms with Gasteiger partial charge in [0.25, 0.3) is 0 Å². The lowest BCUT2D eigenvalue weighted by Gasteiger charge is -2.22. The molecule has 2 unspecified atom stereocenters. The van der Waals surface area contributed by atoms with Crippen LogP contribution in [0, 0.1) is 0 Å². The average Bonchev–Trinajstić information content (AvgIpc) is 2.44. The van der Waals surface area contributed by atoms with Gasteiger partial charge in [0.2, 0.25) is 0 Å². The maximum absolute atomic E-state index is 12.2. The first-order valence-electron chi connectivity index (χ1n) is 7.01. The van der Waals surface area contributed by atoms with Gasteiger partial charge in [-0.05, 0) is 56.9 Å².